The molecule has 0 aliphatic carbocycles. The van der Waals surface area contributed by atoms with E-state index in [9.17, 15) is 0 Å². The third-order valence-corrected chi connectivity index (χ3v) is 4.59. The fraction of sp³-hybridized carbons (Fsp3) is 0.368. The standard InChI is InChI=1S/C19H25N5O2S/c1-4-20-18(22-12-15-13-24-8-9-27-19(24)23-15)21-11-14(2)26-17-7-5-6-16(10-17)25-3/h5-10,13-14H,4,11-12H2,1-3H3,(H2,20,21,22). The number of thiazole rings is 1. The first-order chi connectivity index (χ1) is 13.2. The van der Waals surface area contributed by atoms with Gasteiger partial charge < -0.3 is 20.1 Å². The second-order valence-electron chi connectivity index (χ2n) is 6.01. The predicted octanol–water partition coefficient (Wildman–Crippen LogP) is 2.93. The average Bonchev–Trinajstić information content (AvgIpc) is 3.26. The normalized spacial score (nSPS) is 12.8. The van der Waals surface area contributed by atoms with Gasteiger partial charge in [0.25, 0.3) is 0 Å². The molecule has 2 aromatic heterocycles. The van der Waals surface area contributed by atoms with Crippen LogP contribution in [0.5, 0.6) is 11.5 Å². The number of nitrogens with one attached hydrogen (secondary N) is 2. The lowest BCUT2D eigenvalue weighted by Gasteiger charge is -2.18. The highest BCUT2D eigenvalue weighted by Crippen LogP contribution is 2.19. The molecule has 7 nitrogen and oxygen atoms in total. The van der Waals surface area contributed by atoms with Crippen molar-refractivity contribution in [1.29, 1.82) is 0 Å². The minimum Gasteiger partial charge on any atom is -0.497 e. The van der Waals surface area contributed by atoms with Crippen molar-refractivity contribution < 1.29 is 9.47 Å². The van der Waals surface area contributed by atoms with Crippen molar-refractivity contribution in [3.05, 3.63) is 47.7 Å². The van der Waals surface area contributed by atoms with Gasteiger partial charge >= 0.3 is 0 Å². The minimum absolute atomic E-state index is 0.0288. The van der Waals surface area contributed by atoms with Gasteiger partial charge in [-0.15, -0.1) is 11.3 Å². The van der Waals surface area contributed by atoms with Gasteiger partial charge in [0.1, 0.15) is 17.6 Å². The molecule has 8 heteroatoms. The maximum atomic E-state index is 5.94. The lowest BCUT2D eigenvalue weighted by Crippen LogP contribution is -2.41. The van der Waals surface area contributed by atoms with Crippen LogP contribution in [0.1, 0.15) is 19.5 Å². The minimum atomic E-state index is -0.0288. The molecule has 0 saturated heterocycles. The summed E-state index contributed by atoms with van der Waals surface area (Å²) in [6.07, 6.45) is 3.98. The summed E-state index contributed by atoms with van der Waals surface area (Å²) < 4.78 is 13.2. The van der Waals surface area contributed by atoms with Crippen LogP contribution in [0.25, 0.3) is 4.96 Å². The zero-order valence-electron chi connectivity index (χ0n) is 15.8. The van der Waals surface area contributed by atoms with Crippen molar-refractivity contribution in [1.82, 2.24) is 20.0 Å². The van der Waals surface area contributed by atoms with Crippen LogP contribution >= 0.6 is 11.3 Å². The lowest BCUT2D eigenvalue weighted by atomic mass is 10.3. The Labute approximate surface area is 163 Å². The van der Waals surface area contributed by atoms with Gasteiger partial charge in [-0.2, -0.15) is 0 Å². The third-order valence-electron chi connectivity index (χ3n) is 3.82. The van der Waals surface area contributed by atoms with Gasteiger partial charge in [0.15, 0.2) is 10.9 Å². The molecular formula is C19H25N5O2S. The van der Waals surface area contributed by atoms with Gasteiger partial charge in [-0.05, 0) is 26.0 Å². The molecule has 0 aliphatic heterocycles. The van der Waals surface area contributed by atoms with E-state index in [2.05, 4.69) is 20.6 Å². The molecule has 1 unspecified atom stereocenters. The topological polar surface area (TPSA) is 72.2 Å². The maximum absolute atomic E-state index is 5.94. The van der Waals surface area contributed by atoms with E-state index in [1.165, 1.54) is 0 Å². The largest absolute Gasteiger partial charge is 0.497 e. The summed E-state index contributed by atoms with van der Waals surface area (Å²) in [5, 5.41) is 8.59. The van der Waals surface area contributed by atoms with E-state index in [0.29, 0.717) is 13.1 Å². The molecule has 27 heavy (non-hydrogen) atoms. The monoisotopic (exact) mass is 387 g/mol. The third kappa shape index (κ3) is 5.37. The molecule has 0 spiro atoms. The van der Waals surface area contributed by atoms with Crippen molar-refractivity contribution in [2.75, 3.05) is 20.2 Å². The number of fused-ring (bicyclic) bond motifs is 1. The Morgan fingerprint density at radius 1 is 1.33 bits per heavy atom. The molecule has 0 aliphatic rings. The molecule has 0 fully saturated rings. The number of ether oxygens (including phenoxy) is 2. The number of guanidine groups is 1. The second kappa shape index (κ2) is 9.27. The van der Waals surface area contributed by atoms with Crippen LogP contribution in [0, 0.1) is 0 Å². The molecule has 1 aromatic carbocycles. The van der Waals surface area contributed by atoms with E-state index in [1.807, 2.05) is 60.3 Å². The van der Waals surface area contributed by atoms with Gasteiger partial charge in [-0.3, -0.25) is 4.40 Å². The Bertz CT molecular complexity index is 860. The summed E-state index contributed by atoms with van der Waals surface area (Å²) in [5.74, 6) is 2.31. The maximum Gasteiger partial charge on any atom is 0.193 e. The van der Waals surface area contributed by atoms with Crippen LogP contribution < -0.4 is 20.1 Å². The van der Waals surface area contributed by atoms with Crippen molar-refractivity contribution in [2.45, 2.75) is 26.5 Å². The van der Waals surface area contributed by atoms with Crippen LogP contribution in [0.2, 0.25) is 0 Å². The summed E-state index contributed by atoms with van der Waals surface area (Å²) in [4.78, 5) is 10.2. The van der Waals surface area contributed by atoms with E-state index in [-0.39, 0.29) is 6.10 Å². The number of methoxy groups -OCH3 is 1. The number of aliphatic imine (C=N–C) groups is 1. The molecule has 2 heterocycles. The van der Waals surface area contributed by atoms with Gasteiger partial charge in [0.2, 0.25) is 0 Å². The molecule has 144 valence electrons. The number of hydrogen-bond acceptors (Lipinski definition) is 5. The summed E-state index contributed by atoms with van der Waals surface area (Å²) in [5.41, 5.74) is 0.944. The first-order valence-electron chi connectivity index (χ1n) is 8.92. The smallest absolute Gasteiger partial charge is 0.193 e. The predicted molar refractivity (Wildman–Crippen MR) is 109 cm³/mol. The van der Waals surface area contributed by atoms with Gasteiger partial charge in [-0.25, -0.2) is 9.98 Å². The Morgan fingerprint density at radius 3 is 2.96 bits per heavy atom. The molecule has 0 saturated carbocycles. The van der Waals surface area contributed by atoms with Gasteiger partial charge in [0, 0.05) is 30.4 Å². The van der Waals surface area contributed by atoms with Crippen molar-refractivity contribution in [3.8, 4) is 11.5 Å². The lowest BCUT2D eigenvalue weighted by molar-refractivity contribution is 0.223. The second-order valence-corrected chi connectivity index (χ2v) is 6.88. The number of rotatable bonds is 8. The van der Waals surface area contributed by atoms with Gasteiger partial charge in [-0.1, -0.05) is 6.07 Å². The molecular weight excluding hydrogens is 362 g/mol. The van der Waals surface area contributed by atoms with Crippen molar-refractivity contribution in [2.24, 2.45) is 4.99 Å². The van der Waals surface area contributed by atoms with E-state index in [1.54, 1.807) is 18.4 Å². The molecule has 3 aromatic rings. The Morgan fingerprint density at radius 2 is 2.19 bits per heavy atom. The highest BCUT2D eigenvalue weighted by Gasteiger charge is 2.07. The number of hydrogen-bond donors (Lipinski definition) is 2. The summed E-state index contributed by atoms with van der Waals surface area (Å²) in [7, 11) is 1.65. The molecule has 3 rings (SSSR count). The first-order valence-corrected chi connectivity index (χ1v) is 9.80. The first kappa shape index (κ1) is 19.0. The van der Waals surface area contributed by atoms with Crippen LogP contribution in [0.4, 0.5) is 0 Å². The van der Waals surface area contributed by atoms with Crippen LogP contribution in [-0.4, -0.2) is 41.6 Å². The van der Waals surface area contributed by atoms with Crippen molar-refractivity contribution >= 4 is 22.3 Å². The van der Waals surface area contributed by atoms with Crippen molar-refractivity contribution in [3.63, 3.8) is 0 Å². The summed E-state index contributed by atoms with van der Waals surface area (Å²) >= 11 is 1.62. The Balaban J connectivity index is 1.54. The number of benzene rings is 1. The fourth-order valence-corrected chi connectivity index (χ4v) is 3.26. The SMILES string of the molecule is CCNC(=NCc1cn2ccsc2n1)NCC(C)Oc1cccc(OC)c1. The quantitative estimate of drug-likeness (QED) is 0.459. The highest BCUT2D eigenvalue weighted by molar-refractivity contribution is 7.15. The zero-order valence-corrected chi connectivity index (χ0v) is 16.6. The van der Waals surface area contributed by atoms with E-state index in [0.717, 1.165) is 34.7 Å². The van der Waals surface area contributed by atoms with E-state index >= 15 is 0 Å². The fourth-order valence-electron chi connectivity index (χ4n) is 2.54. The number of nitrogens with zero attached hydrogens (tertiary/aromatic N) is 3. The van der Waals surface area contributed by atoms with E-state index < -0.39 is 0 Å². The molecule has 1 atom stereocenters. The molecule has 2 N–H and O–H groups in total. The Kier molecular flexibility index (Phi) is 6.54. The summed E-state index contributed by atoms with van der Waals surface area (Å²) in [6.45, 7) is 5.99. The summed E-state index contributed by atoms with van der Waals surface area (Å²) in [6, 6.07) is 7.60. The number of imidazole rings is 1. The van der Waals surface area contributed by atoms with Crippen LogP contribution in [0.15, 0.2) is 47.0 Å². The average molecular weight is 388 g/mol. The highest BCUT2D eigenvalue weighted by atomic mass is 32.1. The van der Waals surface area contributed by atoms with E-state index in [4.69, 9.17) is 9.47 Å². The molecule has 0 amide bonds. The van der Waals surface area contributed by atoms with Gasteiger partial charge in [0.05, 0.1) is 25.9 Å². The van der Waals surface area contributed by atoms with Crippen LogP contribution in [0.3, 0.4) is 0 Å². The zero-order chi connectivity index (χ0) is 19.1. The van der Waals surface area contributed by atoms with Crippen LogP contribution in [-0.2, 0) is 6.54 Å². The molecule has 0 radical (unpaired) electrons. The number of aromatic nitrogens is 2. The Hall–Kier alpha value is -2.74. The molecule has 0 bridgehead atoms.